The highest BCUT2D eigenvalue weighted by Gasteiger charge is 2.36. The monoisotopic (exact) mass is 468 g/mol. The number of rotatable bonds is 7. The van der Waals surface area contributed by atoms with Crippen LogP contribution in [-0.4, -0.2) is 59.8 Å². The number of urea groups is 1. The number of likely N-dealkylation sites (tertiary alicyclic amines) is 1. The van der Waals surface area contributed by atoms with E-state index in [9.17, 15) is 23.6 Å². The molecule has 2 saturated heterocycles. The first kappa shape index (κ1) is 23.4. The van der Waals surface area contributed by atoms with Crippen molar-refractivity contribution in [3.8, 4) is 5.75 Å². The third kappa shape index (κ3) is 5.23. The summed E-state index contributed by atoms with van der Waals surface area (Å²) in [6, 6.07) is 10.4. The van der Waals surface area contributed by atoms with Crippen LogP contribution in [0.3, 0.4) is 0 Å². The van der Waals surface area contributed by atoms with Crippen LogP contribution in [-0.2, 0) is 22.7 Å². The highest BCUT2D eigenvalue weighted by molar-refractivity contribution is 6.44. The van der Waals surface area contributed by atoms with Gasteiger partial charge in [0.1, 0.15) is 11.6 Å². The van der Waals surface area contributed by atoms with Gasteiger partial charge in [-0.2, -0.15) is 0 Å². The largest absolute Gasteiger partial charge is 0.496 e. The minimum Gasteiger partial charge on any atom is -0.496 e. The van der Waals surface area contributed by atoms with Crippen molar-refractivity contribution in [3.63, 3.8) is 0 Å². The first-order chi connectivity index (χ1) is 16.3. The summed E-state index contributed by atoms with van der Waals surface area (Å²) < 4.78 is 18.4. The standard InChI is InChI=1S/C24H25FN4O5/c1-34-20-7-4-16(14-29-23(32)22(31)27-24(29)33)12-19(20)21(30)26-18-8-10-28(11-9-18)13-15-2-5-17(25)6-3-15/h2-7,12,18H,8-11,13-14H2,1H3,(H,26,30)(H,27,31,33). The van der Waals surface area contributed by atoms with E-state index in [0.717, 1.165) is 42.9 Å². The van der Waals surface area contributed by atoms with Gasteiger partial charge in [0, 0.05) is 25.7 Å². The van der Waals surface area contributed by atoms with Crippen molar-refractivity contribution in [1.82, 2.24) is 20.4 Å². The fourth-order valence-corrected chi connectivity index (χ4v) is 4.14. The predicted octanol–water partition coefficient (Wildman–Crippen LogP) is 1.81. The summed E-state index contributed by atoms with van der Waals surface area (Å²) >= 11 is 0. The zero-order chi connectivity index (χ0) is 24.2. The fraction of sp³-hybridized carbons (Fsp3) is 0.333. The molecule has 34 heavy (non-hydrogen) atoms. The minimum atomic E-state index is -0.970. The second kappa shape index (κ2) is 10.0. The SMILES string of the molecule is COc1ccc(CN2C(=O)NC(=O)C2=O)cc1C(=O)NC1CCN(Cc2ccc(F)cc2)CC1. The van der Waals surface area contributed by atoms with Crippen LogP contribution in [0.5, 0.6) is 5.75 Å². The Balaban J connectivity index is 1.36. The maximum atomic E-state index is 13.1. The Kier molecular flexibility index (Phi) is 6.87. The summed E-state index contributed by atoms with van der Waals surface area (Å²) in [5.74, 6) is -2.11. The average molecular weight is 468 g/mol. The van der Waals surface area contributed by atoms with Crippen LogP contribution in [0.4, 0.5) is 9.18 Å². The van der Waals surface area contributed by atoms with E-state index in [1.165, 1.54) is 19.2 Å². The van der Waals surface area contributed by atoms with E-state index >= 15 is 0 Å². The third-order valence-corrected chi connectivity index (χ3v) is 6.00. The lowest BCUT2D eigenvalue weighted by molar-refractivity contribution is -0.140. The van der Waals surface area contributed by atoms with Crippen LogP contribution in [0.15, 0.2) is 42.5 Å². The van der Waals surface area contributed by atoms with Crippen LogP contribution >= 0.6 is 0 Å². The number of piperidine rings is 1. The van der Waals surface area contributed by atoms with Crippen LogP contribution in [0.25, 0.3) is 0 Å². The van der Waals surface area contributed by atoms with Crippen molar-refractivity contribution in [2.45, 2.75) is 32.0 Å². The molecule has 0 radical (unpaired) electrons. The zero-order valence-corrected chi connectivity index (χ0v) is 18.7. The zero-order valence-electron chi connectivity index (χ0n) is 18.7. The fourth-order valence-electron chi connectivity index (χ4n) is 4.14. The maximum Gasteiger partial charge on any atom is 0.331 e. The van der Waals surface area contributed by atoms with Gasteiger partial charge in [0.15, 0.2) is 0 Å². The van der Waals surface area contributed by atoms with E-state index in [0.29, 0.717) is 11.3 Å². The smallest absolute Gasteiger partial charge is 0.331 e. The number of carbonyl (C=O) groups excluding carboxylic acids is 4. The number of ether oxygens (including phenoxy) is 1. The first-order valence-corrected chi connectivity index (χ1v) is 11.0. The molecule has 2 fully saturated rings. The van der Waals surface area contributed by atoms with Crippen molar-refractivity contribution in [2.75, 3.05) is 20.2 Å². The van der Waals surface area contributed by atoms with Crippen LogP contribution < -0.4 is 15.4 Å². The van der Waals surface area contributed by atoms with E-state index in [4.69, 9.17) is 4.74 Å². The van der Waals surface area contributed by atoms with Gasteiger partial charge >= 0.3 is 17.8 Å². The quantitative estimate of drug-likeness (QED) is 0.474. The van der Waals surface area contributed by atoms with Crippen molar-refractivity contribution < 1.29 is 28.3 Å². The summed E-state index contributed by atoms with van der Waals surface area (Å²) in [6.45, 7) is 2.17. The lowest BCUT2D eigenvalue weighted by Gasteiger charge is -2.32. The minimum absolute atomic E-state index is 0.0195. The molecular formula is C24H25FN4O5. The molecule has 2 heterocycles. The molecule has 0 bridgehead atoms. The van der Waals surface area contributed by atoms with E-state index in [1.54, 1.807) is 30.3 Å². The number of carbonyl (C=O) groups is 4. The molecule has 4 rings (SSSR count). The summed E-state index contributed by atoms with van der Waals surface area (Å²) in [4.78, 5) is 51.1. The maximum absolute atomic E-state index is 13.1. The summed E-state index contributed by atoms with van der Waals surface area (Å²) in [5, 5.41) is 4.98. The Bertz CT molecular complexity index is 1110. The molecular weight excluding hydrogens is 443 g/mol. The Hall–Kier alpha value is -3.79. The lowest BCUT2D eigenvalue weighted by atomic mass is 10.0. The van der Waals surface area contributed by atoms with Crippen LogP contribution in [0, 0.1) is 5.82 Å². The first-order valence-electron chi connectivity index (χ1n) is 11.0. The molecule has 2 aliphatic heterocycles. The van der Waals surface area contributed by atoms with Crippen LogP contribution in [0.1, 0.15) is 34.3 Å². The van der Waals surface area contributed by atoms with Crippen molar-refractivity contribution in [1.29, 1.82) is 0 Å². The number of imide groups is 2. The van der Waals surface area contributed by atoms with Gasteiger partial charge in [-0.25, -0.2) is 9.18 Å². The normalized spacial score (nSPS) is 17.1. The highest BCUT2D eigenvalue weighted by Crippen LogP contribution is 2.23. The highest BCUT2D eigenvalue weighted by atomic mass is 19.1. The summed E-state index contributed by atoms with van der Waals surface area (Å²) in [5.41, 5.74) is 1.84. The molecule has 2 aliphatic rings. The second-order valence-electron chi connectivity index (χ2n) is 8.34. The van der Waals surface area contributed by atoms with Gasteiger partial charge < -0.3 is 10.1 Å². The molecule has 9 nitrogen and oxygen atoms in total. The molecule has 5 amide bonds. The molecule has 10 heteroatoms. The molecule has 0 aliphatic carbocycles. The van der Waals surface area contributed by atoms with Gasteiger partial charge in [0.05, 0.1) is 19.2 Å². The number of amides is 5. The van der Waals surface area contributed by atoms with Crippen LogP contribution in [0.2, 0.25) is 0 Å². The van der Waals surface area contributed by atoms with Gasteiger partial charge in [-0.3, -0.25) is 29.5 Å². The molecule has 2 aromatic carbocycles. The van der Waals surface area contributed by atoms with E-state index in [1.807, 2.05) is 5.32 Å². The topological polar surface area (TPSA) is 108 Å². The number of benzene rings is 2. The van der Waals surface area contributed by atoms with Crippen molar-refractivity contribution >= 4 is 23.8 Å². The Morgan fingerprint density at radius 1 is 1.06 bits per heavy atom. The van der Waals surface area contributed by atoms with E-state index in [-0.39, 0.29) is 29.9 Å². The van der Waals surface area contributed by atoms with Gasteiger partial charge in [-0.05, 0) is 48.2 Å². The Morgan fingerprint density at radius 3 is 2.35 bits per heavy atom. The molecule has 0 saturated carbocycles. The molecule has 0 unspecified atom stereocenters. The molecule has 0 aromatic heterocycles. The molecule has 2 N–H and O–H groups in total. The third-order valence-electron chi connectivity index (χ3n) is 6.00. The van der Waals surface area contributed by atoms with Gasteiger partial charge in [-0.15, -0.1) is 0 Å². The summed E-state index contributed by atoms with van der Waals surface area (Å²) in [6.07, 6.45) is 1.53. The van der Waals surface area contributed by atoms with Gasteiger partial charge in [0.2, 0.25) is 0 Å². The predicted molar refractivity (Wildman–Crippen MR) is 119 cm³/mol. The Morgan fingerprint density at radius 2 is 1.74 bits per heavy atom. The lowest BCUT2D eigenvalue weighted by Crippen LogP contribution is -2.44. The number of nitrogens with zero attached hydrogens (tertiary/aromatic N) is 2. The Labute approximate surface area is 195 Å². The molecule has 0 atom stereocenters. The van der Waals surface area contributed by atoms with E-state index < -0.39 is 17.8 Å². The van der Waals surface area contributed by atoms with Crippen molar-refractivity contribution in [2.24, 2.45) is 0 Å². The number of hydrogen-bond acceptors (Lipinski definition) is 6. The molecule has 0 spiro atoms. The summed E-state index contributed by atoms with van der Waals surface area (Å²) in [7, 11) is 1.45. The molecule has 178 valence electrons. The van der Waals surface area contributed by atoms with E-state index in [2.05, 4.69) is 10.2 Å². The number of halogens is 1. The molecule has 2 aromatic rings. The second-order valence-corrected chi connectivity index (χ2v) is 8.34. The number of methoxy groups -OCH3 is 1. The van der Waals surface area contributed by atoms with Crippen molar-refractivity contribution in [3.05, 3.63) is 65.0 Å². The number of nitrogens with one attached hydrogen (secondary N) is 2. The van der Waals surface area contributed by atoms with Gasteiger partial charge in [-0.1, -0.05) is 18.2 Å². The number of hydrogen-bond donors (Lipinski definition) is 2. The average Bonchev–Trinajstić information content (AvgIpc) is 3.07. The van der Waals surface area contributed by atoms with Gasteiger partial charge in [0.25, 0.3) is 5.91 Å².